The molecule has 0 amide bonds. The van der Waals surface area contributed by atoms with E-state index < -0.39 is 6.43 Å². The monoisotopic (exact) mass is 232 g/mol. The van der Waals surface area contributed by atoms with Crippen molar-refractivity contribution in [2.45, 2.75) is 10.6 Å². The highest BCUT2D eigenvalue weighted by Gasteiger charge is 2.18. The van der Waals surface area contributed by atoms with Gasteiger partial charge in [-0.2, -0.15) is 0 Å². The summed E-state index contributed by atoms with van der Waals surface area (Å²) < 4.78 is 26.2. The summed E-state index contributed by atoms with van der Waals surface area (Å²) >= 11 is 5.18. The van der Waals surface area contributed by atoms with E-state index in [2.05, 4.69) is 12.6 Å². The van der Waals surface area contributed by atoms with Gasteiger partial charge in [0.2, 0.25) is 0 Å². The quantitative estimate of drug-likeness (QED) is 0.716. The third-order valence-electron chi connectivity index (χ3n) is 1.91. The van der Waals surface area contributed by atoms with E-state index in [1.165, 1.54) is 23.5 Å². The molecule has 0 saturated heterocycles. The van der Waals surface area contributed by atoms with Crippen LogP contribution in [0.15, 0.2) is 22.4 Å². The molecule has 2 aromatic rings. The zero-order chi connectivity index (χ0) is 10.3. The maximum Gasteiger partial charge on any atom is 0.266 e. The number of thiophene rings is 1. The van der Waals surface area contributed by atoms with Gasteiger partial charge >= 0.3 is 0 Å². The van der Waals surface area contributed by atoms with Crippen LogP contribution in [-0.4, -0.2) is 5.11 Å². The summed E-state index contributed by atoms with van der Waals surface area (Å²) in [5.41, 5.74) is -0.0933. The molecule has 0 atom stereocenters. The number of phenols is 1. The molecule has 0 aliphatic heterocycles. The van der Waals surface area contributed by atoms with Crippen LogP contribution in [0, 0.1) is 0 Å². The minimum Gasteiger partial charge on any atom is -0.508 e. The van der Waals surface area contributed by atoms with Crippen molar-refractivity contribution in [3.63, 3.8) is 0 Å². The van der Waals surface area contributed by atoms with Gasteiger partial charge in [0, 0.05) is 15.6 Å². The maximum atomic E-state index is 12.6. The Morgan fingerprint density at radius 1 is 1.36 bits per heavy atom. The van der Waals surface area contributed by atoms with Crippen molar-refractivity contribution in [2.24, 2.45) is 0 Å². The first-order valence-electron chi connectivity index (χ1n) is 3.82. The third kappa shape index (κ3) is 1.46. The van der Waals surface area contributed by atoms with Crippen LogP contribution in [0.3, 0.4) is 0 Å². The molecule has 0 spiro atoms. The number of hydrogen-bond acceptors (Lipinski definition) is 3. The summed E-state index contributed by atoms with van der Waals surface area (Å²) in [6.07, 6.45) is -2.56. The van der Waals surface area contributed by atoms with Crippen LogP contribution >= 0.6 is 24.0 Å². The largest absolute Gasteiger partial charge is 0.508 e. The second-order valence-corrected chi connectivity index (χ2v) is 4.60. The minimum atomic E-state index is -2.56. The van der Waals surface area contributed by atoms with Crippen LogP contribution < -0.4 is 0 Å². The first kappa shape index (κ1) is 9.73. The molecule has 0 bridgehead atoms. The molecule has 1 heterocycles. The number of fused-ring (bicyclic) bond motifs is 1. The Labute approximate surface area is 88.4 Å². The molecular weight excluding hydrogens is 226 g/mol. The zero-order valence-corrected chi connectivity index (χ0v) is 8.58. The summed E-state index contributed by atoms with van der Waals surface area (Å²) in [5.74, 6) is -0.00877. The van der Waals surface area contributed by atoms with Crippen molar-refractivity contribution in [1.29, 1.82) is 0 Å². The Balaban J connectivity index is 2.79. The second kappa shape index (κ2) is 3.40. The van der Waals surface area contributed by atoms with E-state index in [9.17, 15) is 13.9 Å². The van der Waals surface area contributed by atoms with Crippen LogP contribution in [0.1, 0.15) is 12.0 Å². The lowest BCUT2D eigenvalue weighted by Crippen LogP contribution is -1.81. The van der Waals surface area contributed by atoms with Gasteiger partial charge in [-0.05, 0) is 18.2 Å². The van der Waals surface area contributed by atoms with Gasteiger partial charge in [-0.15, -0.1) is 24.0 Å². The molecule has 1 aromatic carbocycles. The minimum absolute atomic E-state index is 0.00877. The zero-order valence-electron chi connectivity index (χ0n) is 6.87. The van der Waals surface area contributed by atoms with Crippen LogP contribution in [0.25, 0.3) is 10.1 Å². The van der Waals surface area contributed by atoms with Gasteiger partial charge in [0.1, 0.15) is 5.75 Å². The molecule has 0 saturated carbocycles. The van der Waals surface area contributed by atoms with Crippen LogP contribution in [0.5, 0.6) is 5.75 Å². The lowest BCUT2D eigenvalue weighted by molar-refractivity contribution is 0.151. The second-order valence-electron chi connectivity index (χ2n) is 2.80. The summed E-state index contributed by atoms with van der Waals surface area (Å²) in [7, 11) is 0. The van der Waals surface area contributed by atoms with Gasteiger partial charge in [-0.1, -0.05) is 0 Å². The molecule has 1 nitrogen and oxygen atoms in total. The first-order chi connectivity index (χ1) is 6.59. The summed E-state index contributed by atoms with van der Waals surface area (Å²) in [5, 5.41) is 9.56. The topological polar surface area (TPSA) is 20.2 Å². The van der Waals surface area contributed by atoms with Gasteiger partial charge in [-0.25, -0.2) is 8.78 Å². The normalized spacial score (nSPS) is 11.4. The number of alkyl halides is 2. The number of aromatic hydroxyl groups is 1. The van der Waals surface area contributed by atoms with Gasteiger partial charge < -0.3 is 5.11 Å². The fourth-order valence-electron chi connectivity index (χ4n) is 1.30. The Hall–Kier alpha value is -0.810. The SMILES string of the molecule is Oc1ccc2sc(S)c(C(F)F)c2c1. The third-order valence-corrected chi connectivity index (χ3v) is 3.41. The molecule has 1 aromatic heterocycles. The number of hydrogen-bond donors (Lipinski definition) is 2. The lowest BCUT2D eigenvalue weighted by Gasteiger charge is -1.98. The van der Waals surface area contributed by atoms with Crippen molar-refractivity contribution < 1.29 is 13.9 Å². The number of benzene rings is 1. The van der Waals surface area contributed by atoms with Crippen molar-refractivity contribution >= 4 is 34.1 Å². The summed E-state index contributed by atoms with van der Waals surface area (Å²) in [6.45, 7) is 0. The molecular formula is C9H6F2OS2. The van der Waals surface area contributed by atoms with E-state index in [1.54, 1.807) is 6.07 Å². The van der Waals surface area contributed by atoms with Crippen LogP contribution in [0.4, 0.5) is 8.78 Å². The average Bonchev–Trinajstić information content (AvgIpc) is 2.40. The predicted octanol–water partition coefficient (Wildman–Crippen LogP) is 3.83. The molecule has 0 aliphatic carbocycles. The molecule has 0 fully saturated rings. The van der Waals surface area contributed by atoms with E-state index in [4.69, 9.17) is 0 Å². The van der Waals surface area contributed by atoms with Gasteiger partial charge in [0.25, 0.3) is 6.43 Å². The Morgan fingerprint density at radius 3 is 2.71 bits per heavy atom. The molecule has 14 heavy (non-hydrogen) atoms. The fraction of sp³-hybridized carbons (Fsp3) is 0.111. The fourth-order valence-corrected chi connectivity index (χ4v) is 2.75. The number of thiol groups is 1. The molecule has 5 heteroatoms. The summed E-state index contributed by atoms with van der Waals surface area (Å²) in [6, 6.07) is 4.43. The van der Waals surface area contributed by atoms with E-state index in [1.807, 2.05) is 0 Å². The highest BCUT2D eigenvalue weighted by Crippen LogP contribution is 2.40. The highest BCUT2D eigenvalue weighted by atomic mass is 32.2. The van der Waals surface area contributed by atoms with Crippen molar-refractivity contribution in [2.75, 3.05) is 0 Å². The Bertz CT molecular complexity index is 479. The molecule has 0 unspecified atom stereocenters. The Morgan fingerprint density at radius 2 is 2.07 bits per heavy atom. The van der Waals surface area contributed by atoms with Crippen molar-refractivity contribution in [3.05, 3.63) is 23.8 Å². The molecule has 0 radical (unpaired) electrons. The highest BCUT2D eigenvalue weighted by molar-refractivity contribution is 7.83. The summed E-state index contributed by atoms with van der Waals surface area (Å²) in [4.78, 5) is 0. The smallest absolute Gasteiger partial charge is 0.266 e. The van der Waals surface area contributed by atoms with Crippen LogP contribution in [0.2, 0.25) is 0 Å². The number of phenolic OH excluding ortho intramolecular Hbond substituents is 1. The first-order valence-corrected chi connectivity index (χ1v) is 5.08. The molecule has 74 valence electrons. The van der Waals surface area contributed by atoms with Gasteiger partial charge in [-0.3, -0.25) is 0 Å². The predicted molar refractivity (Wildman–Crippen MR) is 55.7 cm³/mol. The van der Waals surface area contributed by atoms with Crippen molar-refractivity contribution in [3.8, 4) is 5.75 Å². The average molecular weight is 232 g/mol. The van der Waals surface area contributed by atoms with E-state index in [-0.39, 0.29) is 11.3 Å². The molecule has 0 aliphatic rings. The van der Waals surface area contributed by atoms with E-state index in [0.717, 1.165) is 0 Å². The Kier molecular flexibility index (Phi) is 2.36. The number of rotatable bonds is 1. The van der Waals surface area contributed by atoms with Gasteiger partial charge in [0.05, 0.1) is 4.21 Å². The maximum absolute atomic E-state index is 12.6. The van der Waals surface area contributed by atoms with Crippen LogP contribution in [-0.2, 0) is 0 Å². The number of halogens is 2. The van der Waals surface area contributed by atoms with E-state index in [0.29, 0.717) is 14.3 Å². The molecule has 1 N–H and O–H groups in total. The molecule has 2 rings (SSSR count). The lowest BCUT2D eigenvalue weighted by atomic mass is 10.2. The van der Waals surface area contributed by atoms with Crippen molar-refractivity contribution in [1.82, 2.24) is 0 Å². The van der Waals surface area contributed by atoms with Gasteiger partial charge in [0.15, 0.2) is 0 Å². The van der Waals surface area contributed by atoms with E-state index >= 15 is 0 Å². The standard InChI is InChI=1S/C9H6F2OS2/c10-8(11)7-5-3-4(12)1-2-6(5)14-9(7)13/h1-3,8,12-13H.